The first kappa shape index (κ1) is 14.2. The summed E-state index contributed by atoms with van der Waals surface area (Å²) >= 11 is 5.97. The van der Waals surface area contributed by atoms with Crippen LogP contribution in [0.2, 0.25) is 5.02 Å². The summed E-state index contributed by atoms with van der Waals surface area (Å²) in [5.41, 5.74) is 9.07. The van der Waals surface area contributed by atoms with E-state index in [4.69, 9.17) is 17.3 Å². The van der Waals surface area contributed by atoms with E-state index in [9.17, 15) is 8.42 Å². The molecule has 0 heterocycles. The number of rotatable bonds is 3. The Morgan fingerprint density at radius 2 is 1.81 bits per heavy atom. The van der Waals surface area contributed by atoms with E-state index in [1.165, 1.54) is 29.3 Å². The van der Waals surface area contributed by atoms with Crippen LogP contribution in [-0.2, 0) is 22.9 Å². The van der Waals surface area contributed by atoms with Crippen molar-refractivity contribution >= 4 is 33.0 Å². The van der Waals surface area contributed by atoms with Crippen LogP contribution in [0.5, 0.6) is 0 Å². The Labute approximate surface area is 129 Å². The van der Waals surface area contributed by atoms with Crippen molar-refractivity contribution in [2.45, 2.75) is 24.2 Å². The number of aryl methyl sites for hydroxylation is 2. The zero-order chi connectivity index (χ0) is 15.0. The minimum absolute atomic E-state index is 0.0267. The van der Waals surface area contributed by atoms with E-state index in [1.807, 2.05) is 12.1 Å². The summed E-state index contributed by atoms with van der Waals surface area (Å²) in [5, 5.41) is 0.115. The minimum atomic E-state index is -3.72. The van der Waals surface area contributed by atoms with Crippen molar-refractivity contribution in [3.8, 4) is 0 Å². The summed E-state index contributed by atoms with van der Waals surface area (Å²) in [4.78, 5) is 0.0267. The van der Waals surface area contributed by atoms with Crippen LogP contribution >= 0.6 is 11.6 Å². The highest BCUT2D eigenvalue weighted by atomic mass is 35.5. The maximum absolute atomic E-state index is 12.4. The van der Waals surface area contributed by atoms with Gasteiger partial charge in [0.25, 0.3) is 10.0 Å². The normalized spacial score (nSPS) is 14.0. The van der Waals surface area contributed by atoms with E-state index in [2.05, 4.69) is 4.72 Å². The third-order valence-corrected chi connectivity index (χ3v) is 5.46. The minimum Gasteiger partial charge on any atom is -0.399 e. The van der Waals surface area contributed by atoms with E-state index in [0.29, 0.717) is 11.4 Å². The molecular weight excluding hydrogens is 308 g/mol. The molecule has 0 unspecified atom stereocenters. The van der Waals surface area contributed by atoms with Gasteiger partial charge in [-0.3, -0.25) is 4.72 Å². The molecule has 3 rings (SSSR count). The molecule has 0 bridgehead atoms. The zero-order valence-corrected chi connectivity index (χ0v) is 12.8. The number of benzene rings is 2. The van der Waals surface area contributed by atoms with E-state index in [0.717, 1.165) is 19.3 Å². The van der Waals surface area contributed by atoms with Gasteiger partial charge in [0.15, 0.2) is 0 Å². The molecule has 0 saturated heterocycles. The molecule has 0 amide bonds. The molecule has 21 heavy (non-hydrogen) atoms. The number of nitrogen functional groups attached to an aromatic ring is 1. The zero-order valence-electron chi connectivity index (χ0n) is 11.3. The van der Waals surface area contributed by atoms with Gasteiger partial charge in [0.2, 0.25) is 0 Å². The van der Waals surface area contributed by atoms with Gasteiger partial charge >= 0.3 is 0 Å². The Hall–Kier alpha value is -1.72. The van der Waals surface area contributed by atoms with Crippen LogP contribution in [0.25, 0.3) is 0 Å². The molecule has 0 saturated carbocycles. The molecule has 6 heteroatoms. The van der Waals surface area contributed by atoms with E-state index >= 15 is 0 Å². The molecule has 0 atom stereocenters. The third kappa shape index (κ3) is 2.84. The van der Waals surface area contributed by atoms with Crippen LogP contribution < -0.4 is 10.5 Å². The Balaban J connectivity index is 1.92. The molecule has 0 aromatic heterocycles. The van der Waals surface area contributed by atoms with Gasteiger partial charge in [0, 0.05) is 11.4 Å². The van der Waals surface area contributed by atoms with Crippen molar-refractivity contribution in [1.82, 2.24) is 0 Å². The van der Waals surface area contributed by atoms with Gasteiger partial charge < -0.3 is 5.73 Å². The molecule has 1 aliphatic carbocycles. The monoisotopic (exact) mass is 322 g/mol. The van der Waals surface area contributed by atoms with E-state index in [-0.39, 0.29) is 9.92 Å². The first-order valence-corrected chi connectivity index (χ1v) is 8.51. The summed E-state index contributed by atoms with van der Waals surface area (Å²) < 4.78 is 27.4. The maximum atomic E-state index is 12.4. The fourth-order valence-corrected chi connectivity index (χ4v) is 4.18. The lowest BCUT2D eigenvalue weighted by molar-refractivity contribution is 0.601. The van der Waals surface area contributed by atoms with Crippen LogP contribution in [0.3, 0.4) is 0 Å². The predicted octanol–water partition coefficient (Wildman–Crippen LogP) is 3.21. The molecule has 0 fully saturated rings. The second-order valence-electron chi connectivity index (χ2n) is 5.13. The van der Waals surface area contributed by atoms with Gasteiger partial charge in [-0.05, 0) is 60.7 Å². The molecular formula is C15H15ClN2O2S. The highest BCUT2D eigenvalue weighted by molar-refractivity contribution is 7.92. The smallest absolute Gasteiger partial charge is 0.263 e. The number of hydrogen-bond donors (Lipinski definition) is 2. The van der Waals surface area contributed by atoms with Crippen molar-refractivity contribution in [3.05, 3.63) is 52.5 Å². The first-order chi connectivity index (χ1) is 9.95. The summed E-state index contributed by atoms with van der Waals surface area (Å²) in [5.74, 6) is 0. The predicted molar refractivity (Wildman–Crippen MR) is 85.1 cm³/mol. The van der Waals surface area contributed by atoms with Gasteiger partial charge in [-0.25, -0.2) is 8.42 Å². The molecule has 2 aromatic carbocycles. The van der Waals surface area contributed by atoms with Crippen LogP contribution in [0.15, 0.2) is 41.3 Å². The molecule has 2 aromatic rings. The van der Waals surface area contributed by atoms with Gasteiger partial charge in [-0.15, -0.1) is 0 Å². The van der Waals surface area contributed by atoms with Crippen molar-refractivity contribution in [1.29, 1.82) is 0 Å². The van der Waals surface area contributed by atoms with Crippen molar-refractivity contribution in [3.63, 3.8) is 0 Å². The quantitative estimate of drug-likeness (QED) is 0.852. The second-order valence-corrected chi connectivity index (χ2v) is 7.19. The number of sulfonamides is 1. The Morgan fingerprint density at radius 3 is 2.57 bits per heavy atom. The Morgan fingerprint density at radius 1 is 1.05 bits per heavy atom. The Kier molecular flexibility index (Phi) is 3.55. The fraction of sp³-hybridized carbons (Fsp3) is 0.200. The summed E-state index contributed by atoms with van der Waals surface area (Å²) in [6, 6.07) is 10.0. The van der Waals surface area contributed by atoms with Crippen LogP contribution in [-0.4, -0.2) is 8.42 Å². The first-order valence-electron chi connectivity index (χ1n) is 6.65. The fourth-order valence-electron chi connectivity index (χ4n) is 2.58. The van der Waals surface area contributed by atoms with Gasteiger partial charge in [-0.1, -0.05) is 17.7 Å². The largest absolute Gasteiger partial charge is 0.399 e. The highest BCUT2D eigenvalue weighted by Gasteiger charge is 2.19. The standard InChI is InChI=1S/C15H15ClN2O2S/c16-14-9-12(17)5-7-15(14)21(19,20)18-13-6-4-10-2-1-3-11(10)8-13/h4-9,18H,1-3,17H2. The average molecular weight is 323 g/mol. The maximum Gasteiger partial charge on any atom is 0.263 e. The Bertz CT molecular complexity index is 803. The lowest BCUT2D eigenvalue weighted by Gasteiger charge is -2.11. The topological polar surface area (TPSA) is 72.2 Å². The van der Waals surface area contributed by atoms with E-state index < -0.39 is 10.0 Å². The van der Waals surface area contributed by atoms with Crippen LogP contribution in [0.1, 0.15) is 17.5 Å². The van der Waals surface area contributed by atoms with Gasteiger partial charge in [0.05, 0.1) is 5.02 Å². The molecule has 4 nitrogen and oxygen atoms in total. The van der Waals surface area contributed by atoms with Gasteiger partial charge in [-0.2, -0.15) is 0 Å². The third-order valence-electron chi connectivity index (χ3n) is 3.60. The molecule has 110 valence electrons. The number of fused-ring (bicyclic) bond motifs is 1. The lowest BCUT2D eigenvalue weighted by atomic mass is 10.1. The summed E-state index contributed by atoms with van der Waals surface area (Å²) in [6.07, 6.45) is 3.18. The number of anilines is 2. The summed E-state index contributed by atoms with van der Waals surface area (Å²) in [6.45, 7) is 0. The number of halogens is 1. The lowest BCUT2D eigenvalue weighted by Crippen LogP contribution is -2.13. The molecule has 0 radical (unpaired) electrons. The number of nitrogens with two attached hydrogens (primary N) is 1. The highest BCUT2D eigenvalue weighted by Crippen LogP contribution is 2.28. The molecule has 1 aliphatic rings. The molecule has 3 N–H and O–H groups in total. The van der Waals surface area contributed by atoms with Crippen LogP contribution in [0, 0.1) is 0 Å². The molecule has 0 spiro atoms. The van der Waals surface area contributed by atoms with Crippen molar-refractivity contribution in [2.24, 2.45) is 0 Å². The number of nitrogens with one attached hydrogen (secondary N) is 1. The molecule has 0 aliphatic heterocycles. The summed E-state index contributed by atoms with van der Waals surface area (Å²) in [7, 11) is -3.72. The number of hydrogen-bond acceptors (Lipinski definition) is 3. The van der Waals surface area contributed by atoms with Crippen LogP contribution in [0.4, 0.5) is 11.4 Å². The van der Waals surface area contributed by atoms with Crippen molar-refractivity contribution < 1.29 is 8.42 Å². The second kappa shape index (κ2) is 5.24. The average Bonchev–Trinajstić information content (AvgIpc) is 2.85. The van der Waals surface area contributed by atoms with Gasteiger partial charge in [0.1, 0.15) is 4.90 Å². The van der Waals surface area contributed by atoms with E-state index in [1.54, 1.807) is 6.07 Å². The van der Waals surface area contributed by atoms with Crippen molar-refractivity contribution in [2.75, 3.05) is 10.5 Å². The SMILES string of the molecule is Nc1ccc(S(=O)(=O)Nc2ccc3c(c2)CCC3)c(Cl)c1.